The van der Waals surface area contributed by atoms with Crippen molar-refractivity contribution in [3.8, 4) is 0 Å². The van der Waals surface area contributed by atoms with Gasteiger partial charge >= 0.3 is 5.97 Å². The zero-order chi connectivity index (χ0) is 11.7. The first kappa shape index (κ1) is 10.3. The third-order valence-corrected chi connectivity index (χ3v) is 2.17. The van der Waals surface area contributed by atoms with E-state index in [1.165, 1.54) is 17.8 Å². The topological polar surface area (TPSA) is 85.1 Å². The fourth-order valence-corrected chi connectivity index (χ4v) is 1.53. The second-order valence-corrected chi connectivity index (χ2v) is 3.35. The van der Waals surface area contributed by atoms with Crippen LogP contribution in [0.1, 0.15) is 17.4 Å². The summed E-state index contributed by atoms with van der Waals surface area (Å²) in [6.07, 6.45) is 3.04. The number of carboxylic acid groups (broad SMARTS) is 1. The maximum Gasteiger partial charge on any atom is 0.325 e. The van der Waals surface area contributed by atoms with Crippen LogP contribution in [0.15, 0.2) is 18.5 Å². The number of aliphatic carboxylic acids is 1. The van der Waals surface area contributed by atoms with Gasteiger partial charge in [0.25, 0.3) is 0 Å². The highest BCUT2D eigenvalue weighted by atomic mass is 16.4. The number of aromatic nitrogens is 3. The molecule has 2 aromatic rings. The summed E-state index contributed by atoms with van der Waals surface area (Å²) in [6.45, 7) is 1.11. The number of pyridine rings is 1. The second kappa shape index (κ2) is 3.73. The van der Waals surface area contributed by atoms with Gasteiger partial charge in [-0.25, -0.2) is 0 Å². The maximum absolute atomic E-state index is 11.3. The van der Waals surface area contributed by atoms with Gasteiger partial charge in [-0.05, 0) is 6.07 Å². The largest absolute Gasteiger partial charge is 0.480 e. The second-order valence-electron chi connectivity index (χ2n) is 3.35. The van der Waals surface area contributed by atoms with Gasteiger partial charge in [0.15, 0.2) is 5.78 Å². The molecule has 6 nitrogen and oxygen atoms in total. The molecule has 16 heavy (non-hydrogen) atoms. The van der Waals surface area contributed by atoms with Gasteiger partial charge in [0.05, 0.1) is 11.7 Å². The van der Waals surface area contributed by atoms with Crippen LogP contribution in [0.4, 0.5) is 0 Å². The van der Waals surface area contributed by atoms with Crippen molar-refractivity contribution in [2.75, 3.05) is 0 Å². The van der Waals surface area contributed by atoms with Gasteiger partial charge in [-0.15, -0.1) is 0 Å². The Morgan fingerprint density at radius 2 is 2.25 bits per heavy atom. The first-order valence-electron chi connectivity index (χ1n) is 4.63. The van der Waals surface area contributed by atoms with E-state index in [1.54, 1.807) is 12.3 Å². The van der Waals surface area contributed by atoms with Gasteiger partial charge in [0.1, 0.15) is 12.2 Å². The summed E-state index contributed by atoms with van der Waals surface area (Å²) in [6, 6.07) is 1.65. The molecule has 6 heteroatoms. The van der Waals surface area contributed by atoms with Gasteiger partial charge < -0.3 is 5.11 Å². The van der Waals surface area contributed by atoms with Gasteiger partial charge in [0.2, 0.25) is 0 Å². The Labute approximate surface area is 90.5 Å². The van der Waals surface area contributed by atoms with Crippen molar-refractivity contribution >= 4 is 22.7 Å². The first-order valence-corrected chi connectivity index (χ1v) is 4.63. The highest BCUT2D eigenvalue weighted by Gasteiger charge is 2.14. The van der Waals surface area contributed by atoms with Gasteiger partial charge in [0, 0.05) is 18.5 Å². The summed E-state index contributed by atoms with van der Waals surface area (Å²) in [4.78, 5) is 25.8. The highest BCUT2D eigenvalue weighted by Crippen LogP contribution is 2.17. The molecule has 0 amide bonds. The van der Waals surface area contributed by atoms with E-state index in [0.717, 1.165) is 0 Å². The minimum absolute atomic E-state index is 0.194. The Balaban J connectivity index is 2.66. The molecule has 0 aliphatic heterocycles. The SMILES string of the molecule is CC(=O)c1nn(CC(=O)O)c2cnccc12. The molecular formula is C10H9N3O3. The Morgan fingerprint density at radius 3 is 2.88 bits per heavy atom. The molecule has 0 aromatic carbocycles. The van der Waals surface area contributed by atoms with E-state index in [0.29, 0.717) is 10.9 Å². The summed E-state index contributed by atoms with van der Waals surface area (Å²) in [5, 5.41) is 13.3. The number of ketones is 1. The van der Waals surface area contributed by atoms with Crippen molar-refractivity contribution in [2.24, 2.45) is 0 Å². The molecule has 0 radical (unpaired) electrons. The molecule has 0 spiro atoms. The van der Waals surface area contributed by atoms with E-state index in [4.69, 9.17) is 5.11 Å². The quantitative estimate of drug-likeness (QED) is 0.768. The number of fused-ring (bicyclic) bond motifs is 1. The van der Waals surface area contributed by atoms with Crippen LogP contribution in [-0.4, -0.2) is 31.6 Å². The van der Waals surface area contributed by atoms with Gasteiger partial charge in [-0.1, -0.05) is 0 Å². The predicted molar refractivity (Wildman–Crippen MR) is 55.2 cm³/mol. The standard InChI is InChI=1S/C10H9N3O3/c1-6(14)10-7-2-3-11-4-8(7)13(12-10)5-9(15)16/h2-4H,5H2,1H3,(H,15,16). The lowest BCUT2D eigenvalue weighted by Gasteiger charge is -1.96. The fraction of sp³-hybridized carbons (Fsp3) is 0.200. The number of Topliss-reactive ketones (excluding diaryl/α,β-unsaturated/α-hetero) is 1. The van der Waals surface area contributed by atoms with Crippen LogP contribution >= 0.6 is 0 Å². The van der Waals surface area contributed by atoms with Crippen molar-refractivity contribution in [1.82, 2.24) is 14.8 Å². The molecule has 0 bridgehead atoms. The van der Waals surface area contributed by atoms with Crippen LogP contribution in [0.25, 0.3) is 10.9 Å². The number of rotatable bonds is 3. The minimum Gasteiger partial charge on any atom is -0.480 e. The lowest BCUT2D eigenvalue weighted by atomic mass is 10.2. The Kier molecular flexibility index (Phi) is 2.40. The summed E-state index contributed by atoms with van der Waals surface area (Å²) >= 11 is 0. The predicted octanol–water partition coefficient (Wildman–Crippen LogP) is 0.719. The summed E-state index contributed by atoms with van der Waals surface area (Å²) in [7, 11) is 0. The molecule has 2 heterocycles. The highest BCUT2D eigenvalue weighted by molar-refractivity contribution is 6.04. The molecule has 0 atom stereocenters. The molecule has 0 fully saturated rings. The number of carboxylic acids is 1. The Bertz CT molecular complexity index is 574. The number of nitrogens with zero attached hydrogens (tertiary/aromatic N) is 3. The van der Waals surface area contributed by atoms with E-state index in [1.807, 2.05) is 0 Å². The number of hydrogen-bond acceptors (Lipinski definition) is 4. The minimum atomic E-state index is -1.01. The third-order valence-electron chi connectivity index (χ3n) is 2.17. The molecule has 2 rings (SSSR count). The smallest absolute Gasteiger partial charge is 0.325 e. The maximum atomic E-state index is 11.3. The summed E-state index contributed by atoms with van der Waals surface area (Å²) in [5.74, 6) is -1.20. The van der Waals surface area contributed by atoms with E-state index in [-0.39, 0.29) is 18.0 Å². The fourth-order valence-electron chi connectivity index (χ4n) is 1.53. The van der Waals surface area contributed by atoms with Crippen molar-refractivity contribution < 1.29 is 14.7 Å². The molecular weight excluding hydrogens is 210 g/mol. The van der Waals surface area contributed by atoms with E-state index >= 15 is 0 Å². The summed E-state index contributed by atoms with van der Waals surface area (Å²) in [5.41, 5.74) is 0.828. The summed E-state index contributed by atoms with van der Waals surface area (Å²) < 4.78 is 1.27. The van der Waals surface area contributed by atoms with Gasteiger partial charge in [-0.3, -0.25) is 19.3 Å². The Hall–Kier alpha value is -2.24. The van der Waals surface area contributed by atoms with Crippen LogP contribution in [0.3, 0.4) is 0 Å². The van der Waals surface area contributed by atoms with Crippen LogP contribution in [0, 0.1) is 0 Å². The number of carbonyl (C=O) groups excluding carboxylic acids is 1. The molecule has 0 saturated carbocycles. The molecule has 0 aliphatic carbocycles. The average Bonchev–Trinajstić information content (AvgIpc) is 2.57. The molecule has 2 aromatic heterocycles. The zero-order valence-electron chi connectivity index (χ0n) is 8.54. The number of carbonyl (C=O) groups is 2. The van der Waals surface area contributed by atoms with Crippen molar-refractivity contribution in [2.45, 2.75) is 13.5 Å². The van der Waals surface area contributed by atoms with Crippen LogP contribution in [-0.2, 0) is 11.3 Å². The molecule has 0 aliphatic rings. The molecule has 0 saturated heterocycles. The Morgan fingerprint density at radius 1 is 1.50 bits per heavy atom. The van der Waals surface area contributed by atoms with Crippen molar-refractivity contribution in [1.29, 1.82) is 0 Å². The van der Waals surface area contributed by atoms with Crippen molar-refractivity contribution in [3.63, 3.8) is 0 Å². The van der Waals surface area contributed by atoms with Crippen LogP contribution < -0.4 is 0 Å². The van der Waals surface area contributed by atoms with Crippen LogP contribution in [0.5, 0.6) is 0 Å². The van der Waals surface area contributed by atoms with Crippen molar-refractivity contribution in [3.05, 3.63) is 24.2 Å². The third kappa shape index (κ3) is 1.65. The molecule has 82 valence electrons. The zero-order valence-corrected chi connectivity index (χ0v) is 8.54. The van der Waals surface area contributed by atoms with E-state index in [9.17, 15) is 9.59 Å². The number of hydrogen-bond donors (Lipinski definition) is 1. The normalized spacial score (nSPS) is 10.6. The average molecular weight is 219 g/mol. The lowest BCUT2D eigenvalue weighted by Crippen LogP contribution is -2.10. The monoisotopic (exact) mass is 219 g/mol. The van der Waals surface area contributed by atoms with E-state index < -0.39 is 5.97 Å². The lowest BCUT2D eigenvalue weighted by molar-refractivity contribution is -0.137. The molecule has 1 N–H and O–H groups in total. The first-order chi connectivity index (χ1) is 7.59. The van der Waals surface area contributed by atoms with Gasteiger partial charge in [-0.2, -0.15) is 5.10 Å². The van der Waals surface area contributed by atoms with Crippen LogP contribution in [0.2, 0.25) is 0 Å². The molecule has 0 unspecified atom stereocenters. The van der Waals surface area contributed by atoms with E-state index in [2.05, 4.69) is 10.1 Å².